The zero-order valence-electron chi connectivity index (χ0n) is 20.7. The molecule has 2 saturated heterocycles. The summed E-state index contributed by atoms with van der Waals surface area (Å²) in [6, 6.07) is 7.33. The van der Waals surface area contributed by atoms with Crippen molar-refractivity contribution in [1.82, 2.24) is 14.7 Å². The van der Waals surface area contributed by atoms with E-state index in [0.717, 1.165) is 12.3 Å². The molecule has 3 N–H and O–H groups in total. The molecule has 0 radical (unpaired) electrons. The molecule has 1 aromatic carbocycles. The second-order valence-electron chi connectivity index (χ2n) is 8.49. The van der Waals surface area contributed by atoms with Crippen molar-refractivity contribution in [3.05, 3.63) is 29.8 Å². The van der Waals surface area contributed by atoms with Gasteiger partial charge in [0.25, 0.3) is 5.91 Å². The lowest BCUT2D eigenvalue weighted by Gasteiger charge is -2.41. The van der Waals surface area contributed by atoms with E-state index in [2.05, 4.69) is 9.80 Å². The molecule has 0 aromatic heterocycles. The molecule has 39 heavy (non-hydrogen) atoms. The lowest BCUT2D eigenvalue weighted by molar-refractivity contribution is -0.193. The van der Waals surface area contributed by atoms with Gasteiger partial charge in [0.05, 0.1) is 13.0 Å². The van der Waals surface area contributed by atoms with Crippen LogP contribution in [0.25, 0.3) is 0 Å². The van der Waals surface area contributed by atoms with Gasteiger partial charge in [-0.25, -0.2) is 9.59 Å². The average Bonchev–Trinajstić information content (AvgIpc) is 3.00. The monoisotopic (exact) mass is 575 g/mol. The number of hydrogen-bond donors (Lipinski definition) is 3. The van der Waals surface area contributed by atoms with Gasteiger partial charge < -0.3 is 29.9 Å². The number of benzene rings is 1. The number of alkyl halides is 6. The van der Waals surface area contributed by atoms with Gasteiger partial charge in [-0.3, -0.25) is 14.5 Å². The van der Waals surface area contributed by atoms with E-state index in [1.807, 2.05) is 11.9 Å². The Morgan fingerprint density at radius 3 is 1.72 bits per heavy atom. The summed E-state index contributed by atoms with van der Waals surface area (Å²) in [5.74, 6) is -5.89. The van der Waals surface area contributed by atoms with Crippen LogP contribution < -0.4 is 4.74 Å². The zero-order chi connectivity index (χ0) is 30.1. The molecule has 2 aliphatic heterocycles. The Hall–Kier alpha value is -3.60. The molecule has 2 heterocycles. The van der Waals surface area contributed by atoms with E-state index in [9.17, 15) is 41.0 Å². The van der Waals surface area contributed by atoms with Crippen LogP contribution in [0.1, 0.15) is 10.4 Å². The number of amides is 1. The Morgan fingerprint density at radius 1 is 0.821 bits per heavy atom. The third-order valence-electron chi connectivity index (χ3n) is 5.57. The van der Waals surface area contributed by atoms with Crippen LogP contribution in [-0.4, -0.2) is 126 Å². The van der Waals surface area contributed by atoms with Gasteiger partial charge >= 0.3 is 30.3 Å². The highest BCUT2D eigenvalue weighted by Gasteiger charge is 2.39. The summed E-state index contributed by atoms with van der Waals surface area (Å²) in [5.41, 5.74) is 0.652. The molecule has 11 nitrogen and oxygen atoms in total. The van der Waals surface area contributed by atoms with Gasteiger partial charge in [0.2, 0.25) is 0 Å². The zero-order valence-corrected chi connectivity index (χ0v) is 20.7. The number of hydrogen-bond acceptors (Lipinski definition) is 7. The number of carbonyl (C=O) groups is 4. The fourth-order valence-electron chi connectivity index (χ4n) is 3.71. The SMILES string of the molecule is COc1ccc(C(=O)N2CCN3CC(C(=O)O)CN(C)CC3C2)cc1.O=C(O)C(F)(F)F.O=C(O)C(F)(F)F. The molecule has 0 saturated carbocycles. The smallest absolute Gasteiger partial charge is 0.490 e. The molecule has 1 aromatic rings. The first-order valence-corrected chi connectivity index (χ1v) is 11.1. The van der Waals surface area contributed by atoms with Crippen molar-refractivity contribution in [2.45, 2.75) is 18.4 Å². The molecule has 0 spiro atoms. The van der Waals surface area contributed by atoms with Crippen LogP contribution in [0.2, 0.25) is 0 Å². The number of nitrogens with zero attached hydrogens (tertiary/aromatic N) is 3. The van der Waals surface area contributed by atoms with Gasteiger partial charge in [-0.2, -0.15) is 26.3 Å². The first-order chi connectivity index (χ1) is 17.9. The maximum atomic E-state index is 12.8. The number of fused-ring (bicyclic) bond motifs is 1. The number of likely N-dealkylation sites (N-methyl/N-ethyl adjacent to an activating group) is 1. The quantitative estimate of drug-likeness (QED) is 0.455. The molecule has 17 heteroatoms. The first kappa shape index (κ1) is 33.4. The number of methoxy groups -OCH3 is 1. The Kier molecular flexibility index (Phi) is 12.0. The molecular weight excluding hydrogens is 548 g/mol. The molecule has 1 amide bonds. The summed E-state index contributed by atoms with van der Waals surface area (Å²) in [7, 11) is 3.55. The van der Waals surface area contributed by atoms with Crippen molar-refractivity contribution in [2.75, 3.05) is 53.4 Å². The normalized spacial score (nSPS) is 20.2. The summed E-state index contributed by atoms with van der Waals surface area (Å²) in [6.45, 7) is 3.84. The fourth-order valence-corrected chi connectivity index (χ4v) is 3.71. The van der Waals surface area contributed by atoms with Crippen LogP contribution in [0, 0.1) is 5.92 Å². The second kappa shape index (κ2) is 14.0. The van der Waals surface area contributed by atoms with Gasteiger partial charge in [-0.1, -0.05) is 0 Å². The van der Waals surface area contributed by atoms with E-state index >= 15 is 0 Å². The van der Waals surface area contributed by atoms with Crippen molar-refractivity contribution < 1.29 is 65.6 Å². The van der Waals surface area contributed by atoms with Crippen molar-refractivity contribution in [1.29, 1.82) is 0 Å². The fraction of sp³-hybridized carbons (Fsp3) is 0.545. The maximum Gasteiger partial charge on any atom is 0.490 e. The number of piperazine rings is 1. The van der Waals surface area contributed by atoms with Gasteiger partial charge in [-0.15, -0.1) is 0 Å². The van der Waals surface area contributed by atoms with Crippen LogP contribution in [-0.2, 0) is 14.4 Å². The summed E-state index contributed by atoms with van der Waals surface area (Å²) < 4.78 is 68.6. The number of carboxylic acids is 3. The maximum absolute atomic E-state index is 12.8. The van der Waals surface area contributed by atoms with E-state index in [-0.39, 0.29) is 17.9 Å². The third-order valence-corrected chi connectivity index (χ3v) is 5.57. The molecule has 0 aliphatic carbocycles. The van der Waals surface area contributed by atoms with Crippen molar-refractivity contribution in [3.63, 3.8) is 0 Å². The molecular formula is C22H27F6N3O8. The lowest BCUT2D eigenvalue weighted by atomic mass is 10.1. The van der Waals surface area contributed by atoms with Crippen LogP contribution in [0.5, 0.6) is 5.75 Å². The largest absolute Gasteiger partial charge is 0.497 e. The summed E-state index contributed by atoms with van der Waals surface area (Å²) in [4.78, 5) is 48.1. The number of halogens is 6. The molecule has 2 atom stereocenters. The molecule has 2 fully saturated rings. The van der Waals surface area contributed by atoms with Gasteiger partial charge in [0, 0.05) is 50.9 Å². The van der Waals surface area contributed by atoms with Crippen molar-refractivity contribution >= 4 is 23.8 Å². The standard InChI is InChI=1S/C18H25N3O4.2C2HF3O2/c1-19-9-14(18(23)24)10-20-7-8-21(12-15(20)11-19)17(22)13-3-5-16(25-2)6-4-13;2*3-2(4,5)1(6)7/h3-6,14-15H,7-12H2,1-2H3,(H,23,24);2*(H,6,7). The van der Waals surface area contributed by atoms with Crippen LogP contribution in [0.4, 0.5) is 26.3 Å². The highest BCUT2D eigenvalue weighted by Crippen LogP contribution is 2.21. The van der Waals surface area contributed by atoms with Crippen LogP contribution >= 0.6 is 0 Å². The Labute approximate surface area is 218 Å². The van der Waals surface area contributed by atoms with Gasteiger partial charge in [0.15, 0.2) is 0 Å². The van der Waals surface area contributed by atoms with Crippen LogP contribution in [0.15, 0.2) is 24.3 Å². The first-order valence-electron chi connectivity index (χ1n) is 11.1. The van der Waals surface area contributed by atoms with Gasteiger partial charge in [-0.05, 0) is 31.3 Å². The number of aliphatic carboxylic acids is 3. The van der Waals surface area contributed by atoms with Gasteiger partial charge in [0.1, 0.15) is 5.75 Å². The second-order valence-corrected chi connectivity index (χ2v) is 8.49. The predicted molar refractivity (Wildman–Crippen MR) is 120 cm³/mol. The topological polar surface area (TPSA) is 148 Å². The van der Waals surface area contributed by atoms with E-state index in [1.165, 1.54) is 0 Å². The minimum absolute atomic E-state index is 0.0176. The van der Waals surface area contributed by atoms with Crippen LogP contribution in [0.3, 0.4) is 0 Å². The number of rotatable bonds is 3. The van der Waals surface area contributed by atoms with Crippen molar-refractivity contribution in [2.24, 2.45) is 5.92 Å². The predicted octanol–water partition coefficient (Wildman–Crippen LogP) is 1.73. The third kappa shape index (κ3) is 11.0. The van der Waals surface area contributed by atoms with E-state index in [0.29, 0.717) is 38.3 Å². The van der Waals surface area contributed by atoms with E-state index in [1.54, 1.807) is 31.4 Å². The molecule has 3 rings (SSSR count). The highest BCUT2D eigenvalue weighted by molar-refractivity contribution is 5.94. The lowest BCUT2D eigenvalue weighted by Crippen LogP contribution is -2.57. The summed E-state index contributed by atoms with van der Waals surface area (Å²) in [5, 5.41) is 23.6. The van der Waals surface area contributed by atoms with E-state index in [4.69, 9.17) is 24.5 Å². The minimum Gasteiger partial charge on any atom is -0.497 e. The molecule has 0 bridgehead atoms. The van der Waals surface area contributed by atoms with Crippen molar-refractivity contribution in [3.8, 4) is 5.75 Å². The minimum atomic E-state index is -5.08. The average molecular weight is 575 g/mol. The molecule has 220 valence electrons. The molecule has 2 aliphatic rings. The Balaban J connectivity index is 0.000000449. The number of carbonyl (C=O) groups excluding carboxylic acids is 1. The summed E-state index contributed by atoms with van der Waals surface area (Å²) in [6.07, 6.45) is -10.2. The number of ether oxygens (including phenoxy) is 1. The molecule has 2 unspecified atom stereocenters. The summed E-state index contributed by atoms with van der Waals surface area (Å²) >= 11 is 0. The Bertz CT molecular complexity index is 979. The van der Waals surface area contributed by atoms with E-state index < -0.39 is 30.3 Å². The highest BCUT2D eigenvalue weighted by atomic mass is 19.4. The Morgan fingerprint density at radius 2 is 1.31 bits per heavy atom. The number of carboxylic acid groups (broad SMARTS) is 3.